The monoisotopic (exact) mass is 318 g/mol. The van der Waals surface area contributed by atoms with Crippen LogP contribution in [0.25, 0.3) is 0 Å². The molecule has 0 aromatic rings. The Morgan fingerprint density at radius 3 is 2.83 bits per heavy atom. The molecule has 2 heterocycles. The van der Waals surface area contributed by atoms with E-state index in [0.29, 0.717) is 12.7 Å². The molecular formula is C20H30O3. The summed E-state index contributed by atoms with van der Waals surface area (Å²) in [5.74, 6) is 0. The summed E-state index contributed by atoms with van der Waals surface area (Å²) in [5.41, 5.74) is 5.27. The number of hydrogen-bond acceptors (Lipinski definition) is 3. The Kier molecular flexibility index (Phi) is 5.10. The van der Waals surface area contributed by atoms with Gasteiger partial charge < -0.3 is 14.6 Å². The van der Waals surface area contributed by atoms with Crippen molar-refractivity contribution < 1.29 is 14.6 Å². The molecule has 0 spiro atoms. The third-order valence-electron chi connectivity index (χ3n) is 5.62. The Bertz CT molecular complexity index is 543. The van der Waals surface area contributed by atoms with E-state index >= 15 is 0 Å². The first kappa shape index (κ1) is 16.9. The zero-order valence-electron chi connectivity index (χ0n) is 14.7. The van der Waals surface area contributed by atoms with Crippen LogP contribution < -0.4 is 0 Å². The summed E-state index contributed by atoms with van der Waals surface area (Å²) in [6, 6.07) is 0. The van der Waals surface area contributed by atoms with Gasteiger partial charge in [-0.1, -0.05) is 23.3 Å². The van der Waals surface area contributed by atoms with Crippen LogP contribution in [0.3, 0.4) is 0 Å². The average molecular weight is 318 g/mol. The van der Waals surface area contributed by atoms with Gasteiger partial charge in [-0.3, -0.25) is 0 Å². The van der Waals surface area contributed by atoms with Crippen LogP contribution in [-0.2, 0) is 9.47 Å². The molecule has 128 valence electrons. The standard InChI is InChI=1S/C20H30O3/c1-14-5-4-10-20(3)19(23-20)9-7-15(2)11-18-17(8-6-14)16(12-21)13-22-18/h5,11,18-19,21H,4,6-10,12-13H2,1-3H3/b14-5+,15-11+/t18-,19-,20-/m0/s1. The highest BCUT2D eigenvalue weighted by Crippen LogP contribution is 2.43. The number of hydrogen-bond donors (Lipinski definition) is 1. The van der Waals surface area contributed by atoms with Crippen molar-refractivity contribution in [2.75, 3.05) is 13.2 Å². The van der Waals surface area contributed by atoms with Crippen molar-refractivity contribution in [3.63, 3.8) is 0 Å². The van der Waals surface area contributed by atoms with E-state index in [9.17, 15) is 5.11 Å². The van der Waals surface area contributed by atoms with Crippen molar-refractivity contribution in [1.82, 2.24) is 0 Å². The van der Waals surface area contributed by atoms with Gasteiger partial charge in [0.25, 0.3) is 0 Å². The lowest BCUT2D eigenvalue weighted by atomic mass is 9.92. The molecule has 0 unspecified atom stereocenters. The van der Waals surface area contributed by atoms with E-state index in [1.807, 2.05) is 0 Å². The second-order valence-electron chi connectivity index (χ2n) is 7.58. The quantitative estimate of drug-likeness (QED) is 0.585. The highest BCUT2D eigenvalue weighted by atomic mass is 16.6. The lowest BCUT2D eigenvalue weighted by molar-refractivity contribution is 0.146. The number of epoxide rings is 1. The number of aliphatic hydroxyl groups excluding tert-OH is 1. The highest BCUT2D eigenvalue weighted by molar-refractivity contribution is 5.30. The van der Waals surface area contributed by atoms with Gasteiger partial charge in [0.15, 0.2) is 0 Å². The Morgan fingerprint density at radius 2 is 2.04 bits per heavy atom. The molecule has 2 aliphatic heterocycles. The predicted molar refractivity (Wildman–Crippen MR) is 92.3 cm³/mol. The average Bonchev–Trinajstić information content (AvgIpc) is 3.00. The van der Waals surface area contributed by atoms with Crippen LogP contribution in [0.5, 0.6) is 0 Å². The van der Waals surface area contributed by atoms with Gasteiger partial charge in [-0.2, -0.15) is 0 Å². The molecule has 0 saturated carbocycles. The first-order valence-electron chi connectivity index (χ1n) is 8.96. The third-order valence-corrected chi connectivity index (χ3v) is 5.62. The lowest BCUT2D eigenvalue weighted by Crippen LogP contribution is -2.11. The Labute approximate surface area is 140 Å². The SMILES string of the molecule is C/C1=C\CC[C@]2(C)O[C@H]2CC/C(C)=C/[C@@H]2OCC(CO)=C2CC1. The lowest BCUT2D eigenvalue weighted by Gasteiger charge is -2.14. The summed E-state index contributed by atoms with van der Waals surface area (Å²) in [6.45, 7) is 7.35. The van der Waals surface area contributed by atoms with Gasteiger partial charge in [0.1, 0.15) is 0 Å². The smallest absolute Gasteiger partial charge is 0.0978 e. The first-order valence-corrected chi connectivity index (χ1v) is 8.96. The summed E-state index contributed by atoms with van der Waals surface area (Å²) in [5, 5.41) is 9.59. The Morgan fingerprint density at radius 1 is 1.22 bits per heavy atom. The van der Waals surface area contributed by atoms with Crippen LogP contribution in [-0.4, -0.2) is 36.1 Å². The van der Waals surface area contributed by atoms with Crippen molar-refractivity contribution in [1.29, 1.82) is 0 Å². The van der Waals surface area contributed by atoms with Gasteiger partial charge >= 0.3 is 0 Å². The highest BCUT2D eigenvalue weighted by Gasteiger charge is 2.50. The van der Waals surface area contributed by atoms with Crippen molar-refractivity contribution in [2.24, 2.45) is 0 Å². The molecule has 1 saturated heterocycles. The van der Waals surface area contributed by atoms with E-state index in [0.717, 1.165) is 44.1 Å². The molecule has 1 fully saturated rings. The zero-order chi connectivity index (χ0) is 16.4. The number of aliphatic hydroxyl groups is 1. The molecule has 23 heavy (non-hydrogen) atoms. The van der Waals surface area contributed by atoms with E-state index in [4.69, 9.17) is 9.47 Å². The fraction of sp³-hybridized carbons (Fsp3) is 0.700. The molecule has 0 amide bonds. The summed E-state index contributed by atoms with van der Waals surface area (Å²) in [7, 11) is 0. The molecule has 3 heteroatoms. The molecule has 1 N–H and O–H groups in total. The van der Waals surface area contributed by atoms with Crippen LogP contribution in [0.4, 0.5) is 0 Å². The fourth-order valence-electron chi connectivity index (χ4n) is 3.81. The van der Waals surface area contributed by atoms with Crippen LogP contribution in [0.2, 0.25) is 0 Å². The number of ether oxygens (including phenoxy) is 2. The molecule has 1 aliphatic carbocycles. The van der Waals surface area contributed by atoms with Gasteiger partial charge in [-0.05, 0) is 70.4 Å². The second-order valence-corrected chi connectivity index (χ2v) is 7.58. The van der Waals surface area contributed by atoms with Crippen molar-refractivity contribution in [3.8, 4) is 0 Å². The molecule has 3 atom stereocenters. The van der Waals surface area contributed by atoms with Gasteiger partial charge in [0.2, 0.25) is 0 Å². The Balaban J connectivity index is 1.78. The van der Waals surface area contributed by atoms with Crippen LogP contribution in [0.15, 0.2) is 34.4 Å². The summed E-state index contributed by atoms with van der Waals surface area (Å²) in [4.78, 5) is 0. The summed E-state index contributed by atoms with van der Waals surface area (Å²) >= 11 is 0. The summed E-state index contributed by atoms with van der Waals surface area (Å²) in [6.07, 6.45) is 11.5. The second kappa shape index (κ2) is 6.92. The fourth-order valence-corrected chi connectivity index (χ4v) is 3.81. The van der Waals surface area contributed by atoms with Crippen LogP contribution >= 0.6 is 0 Å². The maximum atomic E-state index is 9.59. The molecule has 3 aliphatic rings. The van der Waals surface area contributed by atoms with E-state index in [-0.39, 0.29) is 18.3 Å². The maximum Gasteiger partial charge on any atom is 0.0978 e. The minimum atomic E-state index is 0.0550. The molecule has 0 radical (unpaired) electrons. The minimum Gasteiger partial charge on any atom is -0.392 e. The molecule has 3 nitrogen and oxygen atoms in total. The maximum absolute atomic E-state index is 9.59. The molecular weight excluding hydrogens is 288 g/mol. The number of rotatable bonds is 1. The van der Waals surface area contributed by atoms with Crippen LogP contribution in [0.1, 0.15) is 59.3 Å². The zero-order valence-corrected chi connectivity index (χ0v) is 14.7. The first-order chi connectivity index (χ1) is 11.0. The van der Waals surface area contributed by atoms with Crippen molar-refractivity contribution >= 4 is 0 Å². The number of allylic oxidation sites excluding steroid dienone is 3. The topological polar surface area (TPSA) is 42.0 Å². The largest absolute Gasteiger partial charge is 0.392 e. The van der Waals surface area contributed by atoms with Crippen LogP contribution in [0, 0.1) is 0 Å². The minimum absolute atomic E-state index is 0.0550. The molecule has 0 bridgehead atoms. The van der Waals surface area contributed by atoms with E-state index in [2.05, 4.69) is 32.9 Å². The van der Waals surface area contributed by atoms with E-state index in [1.165, 1.54) is 16.7 Å². The third kappa shape index (κ3) is 3.96. The van der Waals surface area contributed by atoms with Crippen molar-refractivity contribution in [3.05, 3.63) is 34.4 Å². The van der Waals surface area contributed by atoms with Crippen molar-refractivity contribution in [2.45, 2.75) is 77.1 Å². The van der Waals surface area contributed by atoms with E-state index in [1.54, 1.807) is 0 Å². The molecule has 0 aromatic heterocycles. The van der Waals surface area contributed by atoms with Gasteiger partial charge in [0, 0.05) is 0 Å². The number of fused-ring (bicyclic) bond motifs is 2. The van der Waals surface area contributed by atoms with E-state index < -0.39 is 0 Å². The van der Waals surface area contributed by atoms with Gasteiger partial charge in [-0.15, -0.1) is 0 Å². The predicted octanol–water partition coefficient (Wildman–Crippen LogP) is 4.08. The normalized spacial score (nSPS) is 40.3. The Hall–Kier alpha value is -0.900. The van der Waals surface area contributed by atoms with Gasteiger partial charge in [0.05, 0.1) is 31.0 Å². The van der Waals surface area contributed by atoms with Gasteiger partial charge in [-0.25, -0.2) is 0 Å². The summed E-state index contributed by atoms with van der Waals surface area (Å²) < 4.78 is 11.9. The molecule has 0 aromatic carbocycles. The molecule has 3 rings (SSSR count).